The minimum absolute atomic E-state index is 0.349. The van der Waals surface area contributed by atoms with Crippen molar-refractivity contribution in [3.8, 4) is 5.75 Å². The molecular formula is C16H24O3. The molecule has 0 saturated heterocycles. The van der Waals surface area contributed by atoms with Crippen molar-refractivity contribution < 1.29 is 14.6 Å². The van der Waals surface area contributed by atoms with E-state index in [9.17, 15) is 9.90 Å². The van der Waals surface area contributed by atoms with Gasteiger partial charge in [-0.05, 0) is 49.8 Å². The summed E-state index contributed by atoms with van der Waals surface area (Å²) in [6, 6.07) is 4.11. The SMILES string of the molecule is COc1c(C(C)C)ccc(C)c1CC(C)(C)C(=O)O. The van der Waals surface area contributed by atoms with Crippen molar-refractivity contribution >= 4 is 5.97 Å². The number of rotatable bonds is 5. The molecule has 0 saturated carbocycles. The van der Waals surface area contributed by atoms with Crippen LogP contribution in [0.5, 0.6) is 5.75 Å². The third kappa shape index (κ3) is 3.28. The molecule has 0 atom stereocenters. The largest absolute Gasteiger partial charge is 0.496 e. The third-order valence-electron chi connectivity index (χ3n) is 3.55. The Morgan fingerprint density at radius 2 is 1.95 bits per heavy atom. The summed E-state index contributed by atoms with van der Waals surface area (Å²) in [6.45, 7) is 9.71. The van der Waals surface area contributed by atoms with E-state index in [1.54, 1.807) is 21.0 Å². The fourth-order valence-electron chi connectivity index (χ4n) is 2.18. The van der Waals surface area contributed by atoms with E-state index in [1.807, 2.05) is 13.0 Å². The Labute approximate surface area is 115 Å². The topological polar surface area (TPSA) is 46.5 Å². The van der Waals surface area contributed by atoms with Gasteiger partial charge in [0.2, 0.25) is 0 Å². The summed E-state index contributed by atoms with van der Waals surface area (Å²) < 4.78 is 5.55. The van der Waals surface area contributed by atoms with Crippen LogP contribution in [0.4, 0.5) is 0 Å². The molecular weight excluding hydrogens is 240 g/mol. The summed E-state index contributed by atoms with van der Waals surface area (Å²) in [7, 11) is 1.65. The molecule has 0 amide bonds. The van der Waals surface area contributed by atoms with Gasteiger partial charge in [0.25, 0.3) is 0 Å². The fraction of sp³-hybridized carbons (Fsp3) is 0.562. The fourth-order valence-corrected chi connectivity index (χ4v) is 2.18. The van der Waals surface area contributed by atoms with Gasteiger partial charge >= 0.3 is 5.97 Å². The number of methoxy groups -OCH3 is 1. The Kier molecular flexibility index (Phi) is 4.61. The van der Waals surface area contributed by atoms with Gasteiger partial charge in [-0.15, -0.1) is 0 Å². The van der Waals surface area contributed by atoms with E-state index in [0.29, 0.717) is 12.3 Å². The first-order chi connectivity index (χ1) is 8.70. The molecule has 106 valence electrons. The first-order valence-corrected chi connectivity index (χ1v) is 6.60. The number of carboxylic acids is 1. The third-order valence-corrected chi connectivity index (χ3v) is 3.55. The molecule has 19 heavy (non-hydrogen) atoms. The summed E-state index contributed by atoms with van der Waals surface area (Å²) in [5.74, 6) is 0.399. The van der Waals surface area contributed by atoms with Gasteiger partial charge in [0.05, 0.1) is 12.5 Å². The number of hydrogen-bond donors (Lipinski definition) is 1. The van der Waals surface area contributed by atoms with E-state index < -0.39 is 11.4 Å². The van der Waals surface area contributed by atoms with Gasteiger partial charge < -0.3 is 9.84 Å². The lowest BCUT2D eigenvalue weighted by Crippen LogP contribution is -2.27. The minimum Gasteiger partial charge on any atom is -0.496 e. The number of ether oxygens (including phenoxy) is 1. The molecule has 0 aliphatic rings. The van der Waals surface area contributed by atoms with Gasteiger partial charge in [-0.3, -0.25) is 4.79 Å². The van der Waals surface area contributed by atoms with E-state index in [0.717, 1.165) is 22.4 Å². The molecule has 0 fully saturated rings. The van der Waals surface area contributed by atoms with E-state index in [2.05, 4.69) is 19.9 Å². The predicted molar refractivity (Wildman–Crippen MR) is 76.9 cm³/mol. The van der Waals surface area contributed by atoms with E-state index in [1.165, 1.54) is 0 Å². The van der Waals surface area contributed by atoms with Crippen molar-refractivity contribution in [3.05, 3.63) is 28.8 Å². The molecule has 0 heterocycles. The van der Waals surface area contributed by atoms with Crippen LogP contribution in [0.2, 0.25) is 0 Å². The molecule has 0 radical (unpaired) electrons. The summed E-state index contributed by atoms with van der Waals surface area (Å²) in [5.41, 5.74) is 2.41. The molecule has 0 unspecified atom stereocenters. The Bertz CT molecular complexity index is 473. The van der Waals surface area contributed by atoms with Crippen LogP contribution in [-0.2, 0) is 11.2 Å². The molecule has 3 heteroatoms. The maximum absolute atomic E-state index is 11.3. The lowest BCUT2D eigenvalue weighted by Gasteiger charge is -2.24. The van der Waals surface area contributed by atoms with Crippen molar-refractivity contribution in [2.24, 2.45) is 5.41 Å². The minimum atomic E-state index is -0.798. The van der Waals surface area contributed by atoms with Crippen molar-refractivity contribution in [1.29, 1.82) is 0 Å². The highest BCUT2D eigenvalue weighted by molar-refractivity contribution is 5.74. The first-order valence-electron chi connectivity index (χ1n) is 6.60. The molecule has 0 aliphatic heterocycles. The van der Waals surface area contributed by atoms with E-state index in [-0.39, 0.29) is 0 Å². The smallest absolute Gasteiger partial charge is 0.309 e. The number of aliphatic carboxylic acids is 1. The molecule has 0 spiro atoms. The second-order valence-electron chi connectivity index (χ2n) is 6.00. The van der Waals surface area contributed by atoms with Crippen molar-refractivity contribution in [2.75, 3.05) is 7.11 Å². The maximum Gasteiger partial charge on any atom is 0.309 e. The molecule has 1 aromatic rings. The number of carboxylic acid groups (broad SMARTS) is 1. The zero-order valence-electron chi connectivity index (χ0n) is 12.7. The van der Waals surface area contributed by atoms with Crippen molar-refractivity contribution in [1.82, 2.24) is 0 Å². The summed E-state index contributed by atoms with van der Waals surface area (Å²) in [6.07, 6.45) is 0.470. The zero-order chi connectivity index (χ0) is 14.8. The zero-order valence-corrected chi connectivity index (χ0v) is 12.7. The Hall–Kier alpha value is -1.51. The van der Waals surface area contributed by atoms with Gasteiger partial charge in [0.1, 0.15) is 5.75 Å². The van der Waals surface area contributed by atoms with Crippen molar-refractivity contribution in [2.45, 2.75) is 47.0 Å². The first kappa shape index (κ1) is 15.5. The highest BCUT2D eigenvalue weighted by Gasteiger charge is 2.30. The summed E-state index contributed by atoms with van der Waals surface area (Å²) in [5, 5.41) is 9.29. The normalized spacial score (nSPS) is 11.7. The molecule has 0 aromatic heterocycles. The van der Waals surface area contributed by atoms with Crippen LogP contribution >= 0.6 is 0 Å². The standard InChI is InChI=1S/C16H24O3/c1-10(2)12-8-7-11(3)13(14(12)19-6)9-16(4,5)15(17)18/h7-8,10H,9H2,1-6H3,(H,17,18). The molecule has 1 N–H and O–H groups in total. The average molecular weight is 264 g/mol. The van der Waals surface area contributed by atoms with E-state index >= 15 is 0 Å². The molecule has 1 rings (SSSR count). The van der Waals surface area contributed by atoms with Gasteiger partial charge in [0, 0.05) is 0 Å². The van der Waals surface area contributed by atoms with Crippen LogP contribution in [0.3, 0.4) is 0 Å². The van der Waals surface area contributed by atoms with Crippen LogP contribution in [0.25, 0.3) is 0 Å². The second kappa shape index (κ2) is 5.64. The molecule has 0 aliphatic carbocycles. The van der Waals surface area contributed by atoms with Crippen molar-refractivity contribution in [3.63, 3.8) is 0 Å². The van der Waals surface area contributed by atoms with Crippen LogP contribution in [0.1, 0.15) is 50.3 Å². The predicted octanol–water partition coefficient (Wildman–Crippen LogP) is 3.78. The van der Waals surface area contributed by atoms with Gasteiger partial charge in [-0.2, -0.15) is 0 Å². The van der Waals surface area contributed by atoms with Gasteiger partial charge in [-0.1, -0.05) is 26.0 Å². The number of benzene rings is 1. The monoisotopic (exact) mass is 264 g/mol. The maximum atomic E-state index is 11.3. The van der Waals surface area contributed by atoms with Crippen LogP contribution < -0.4 is 4.74 Å². The van der Waals surface area contributed by atoms with Crippen LogP contribution in [0, 0.1) is 12.3 Å². The lowest BCUT2D eigenvalue weighted by atomic mass is 9.82. The van der Waals surface area contributed by atoms with Gasteiger partial charge in [-0.25, -0.2) is 0 Å². The number of carbonyl (C=O) groups is 1. The van der Waals surface area contributed by atoms with Gasteiger partial charge in [0.15, 0.2) is 0 Å². The average Bonchev–Trinajstić information content (AvgIpc) is 2.30. The number of aryl methyl sites for hydroxylation is 1. The second-order valence-corrected chi connectivity index (χ2v) is 6.00. The molecule has 1 aromatic carbocycles. The molecule has 3 nitrogen and oxygen atoms in total. The quantitative estimate of drug-likeness (QED) is 0.880. The summed E-state index contributed by atoms with van der Waals surface area (Å²) in [4.78, 5) is 11.3. The Balaban J connectivity index is 3.33. The van der Waals surface area contributed by atoms with E-state index in [4.69, 9.17) is 4.74 Å². The number of hydrogen-bond acceptors (Lipinski definition) is 2. The lowest BCUT2D eigenvalue weighted by molar-refractivity contribution is -0.146. The summed E-state index contributed by atoms with van der Waals surface area (Å²) >= 11 is 0. The highest BCUT2D eigenvalue weighted by atomic mass is 16.5. The van der Waals surface area contributed by atoms with Crippen LogP contribution in [0.15, 0.2) is 12.1 Å². The Morgan fingerprint density at radius 3 is 2.37 bits per heavy atom. The van der Waals surface area contributed by atoms with Crippen LogP contribution in [-0.4, -0.2) is 18.2 Å². The molecule has 0 bridgehead atoms. The highest BCUT2D eigenvalue weighted by Crippen LogP contribution is 2.36. The Morgan fingerprint density at radius 1 is 1.37 bits per heavy atom.